The fourth-order valence-electron chi connectivity index (χ4n) is 2.17. The van der Waals surface area contributed by atoms with Crippen molar-refractivity contribution in [3.05, 3.63) is 56.4 Å². The largest absolute Gasteiger partial charge is 0.448 e. The Labute approximate surface area is 127 Å². The van der Waals surface area contributed by atoms with Gasteiger partial charge < -0.3 is 9.73 Å². The summed E-state index contributed by atoms with van der Waals surface area (Å²) in [5, 5.41) is 3.87. The fourth-order valence-corrected chi connectivity index (χ4v) is 2.78. The second-order valence-corrected chi connectivity index (χ2v) is 5.82. The smallest absolute Gasteiger partial charge is 0.193 e. The lowest BCUT2D eigenvalue weighted by molar-refractivity contribution is 0.452. The van der Waals surface area contributed by atoms with Crippen molar-refractivity contribution in [2.24, 2.45) is 0 Å². The van der Waals surface area contributed by atoms with E-state index in [1.54, 1.807) is 6.07 Å². The number of hydrogen-bond acceptors (Lipinski definition) is 2. The highest BCUT2D eigenvalue weighted by molar-refractivity contribution is 9.10. The summed E-state index contributed by atoms with van der Waals surface area (Å²) in [6.07, 6.45) is 0. The van der Waals surface area contributed by atoms with Crippen LogP contribution >= 0.6 is 27.5 Å². The van der Waals surface area contributed by atoms with Crippen LogP contribution < -0.4 is 5.32 Å². The molecule has 0 radical (unpaired) electrons. The van der Waals surface area contributed by atoms with Crippen LogP contribution in [0.3, 0.4) is 0 Å². The molecule has 0 spiro atoms. The third-order valence-electron chi connectivity index (χ3n) is 3.15. The molecular weight excluding hydrogens is 326 g/mol. The number of benzene rings is 1. The predicted octanol–water partition coefficient (Wildman–Crippen LogP) is 5.01. The van der Waals surface area contributed by atoms with Gasteiger partial charge in [-0.05, 0) is 66.9 Å². The topological polar surface area (TPSA) is 25.2 Å². The number of nitrogens with one attached hydrogen (secondary N) is 1. The molecule has 2 aromatic rings. The van der Waals surface area contributed by atoms with E-state index in [2.05, 4.69) is 54.2 Å². The average molecular weight is 343 g/mol. The Morgan fingerprint density at radius 1 is 1.26 bits per heavy atom. The van der Waals surface area contributed by atoms with Gasteiger partial charge in [-0.3, -0.25) is 0 Å². The number of hydrogen-bond donors (Lipinski definition) is 1. The molecule has 1 aromatic carbocycles. The Hall–Kier alpha value is -0.770. The zero-order valence-electron chi connectivity index (χ0n) is 11.3. The van der Waals surface area contributed by atoms with Crippen molar-refractivity contribution in [1.82, 2.24) is 5.32 Å². The molecule has 0 saturated heterocycles. The summed E-state index contributed by atoms with van der Waals surface area (Å²) in [7, 11) is 0. The average Bonchev–Trinajstić information content (AvgIpc) is 2.78. The van der Waals surface area contributed by atoms with Crippen molar-refractivity contribution in [2.75, 3.05) is 6.54 Å². The highest BCUT2D eigenvalue weighted by atomic mass is 79.9. The lowest BCUT2D eigenvalue weighted by Gasteiger charge is -2.19. The molecular formula is C15H17BrClNO. The van der Waals surface area contributed by atoms with Gasteiger partial charge in [0.25, 0.3) is 0 Å². The Morgan fingerprint density at radius 3 is 2.58 bits per heavy atom. The van der Waals surface area contributed by atoms with Crippen molar-refractivity contribution in [3.8, 4) is 0 Å². The van der Waals surface area contributed by atoms with Gasteiger partial charge in [-0.15, -0.1) is 0 Å². The molecule has 1 unspecified atom stereocenters. The molecule has 0 aliphatic heterocycles. The summed E-state index contributed by atoms with van der Waals surface area (Å²) in [6, 6.07) is 8.06. The van der Waals surface area contributed by atoms with E-state index in [0.29, 0.717) is 5.22 Å². The van der Waals surface area contributed by atoms with Gasteiger partial charge in [0, 0.05) is 4.47 Å². The first kappa shape index (κ1) is 14.6. The van der Waals surface area contributed by atoms with Crippen LogP contribution in [0.4, 0.5) is 0 Å². The van der Waals surface area contributed by atoms with E-state index in [9.17, 15) is 0 Å². The Bertz CT molecular complexity index is 580. The van der Waals surface area contributed by atoms with Crippen LogP contribution in [-0.4, -0.2) is 6.54 Å². The second kappa shape index (κ2) is 6.12. The first-order valence-electron chi connectivity index (χ1n) is 6.28. The van der Waals surface area contributed by atoms with Gasteiger partial charge in [-0.2, -0.15) is 0 Å². The molecule has 0 aliphatic carbocycles. The molecule has 19 heavy (non-hydrogen) atoms. The molecule has 1 atom stereocenters. The van der Waals surface area contributed by atoms with E-state index in [-0.39, 0.29) is 6.04 Å². The number of rotatable bonds is 4. The van der Waals surface area contributed by atoms with E-state index >= 15 is 0 Å². The van der Waals surface area contributed by atoms with Gasteiger partial charge >= 0.3 is 0 Å². The molecule has 0 amide bonds. The van der Waals surface area contributed by atoms with Gasteiger partial charge in [0.1, 0.15) is 5.76 Å². The quantitative estimate of drug-likeness (QED) is 0.844. The molecule has 1 N–H and O–H groups in total. The van der Waals surface area contributed by atoms with Crippen molar-refractivity contribution < 1.29 is 4.42 Å². The van der Waals surface area contributed by atoms with Gasteiger partial charge in [0.15, 0.2) is 5.22 Å². The highest BCUT2D eigenvalue weighted by Gasteiger charge is 2.19. The molecule has 1 aromatic heterocycles. The minimum Gasteiger partial charge on any atom is -0.448 e. The Balaban J connectivity index is 2.47. The van der Waals surface area contributed by atoms with Crippen LogP contribution in [0.25, 0.3) is 0 Å². The summed E-state index contributed by atoms with van der Waals surface area (Å²) in [4.78, 5) is 0. The molecule has 102 valence electrons. The van der Waals surface area contributed by atoms with Crippen LogP contribution in [0.2, 0.25) is 5.22 Å². The number of aryl methyl sites for hydroxylation is 2. The molecule has 4 heteroatoms. The Morgan fingerprint density at radius 2 is 2.00 bits per heavy atom. The van der Waals surface area contributed by atoms with Crippen LogP contribution in [0.15, 0.2) is 33.2 Å². The van der Waals surface area contributed by atoms with E-state index in [4.69, 9.17) is 16.0 Å². The Kier molecular flexibility index (Phi) is 4.71. The van der Waals surface area contributed by atoms with E-state index < -0.39 is 0 Å². The predicted molar refractivity (Wildman–Crippen MR) is 82.9 cm³/mol. The zero-order chi connectivity index (χ0) is 14.0. The van der Waals surface area contributed by atoms with Gasteiger partial charge in [-0.1, -0.05) is 28.9 Å². The minimum atomic E-state index is 0.0318. The maximum Gasteiger partial charge on any atom is 0.193 e. The summed E-state index contributed by atoms with van der Waals surface area (Å²) < 4.78 is 6.70. The highest BCUT2D eigenvalue weighted by Crippen LogP contribution is 2.31. The lowest BCUT2D eigenvalue weighted by atomic mass is 9.97. The van der Waals surface area contributed by atoms with Crippen LogP contribution in [-0.2, 0) is 0 Å². The third-order valence-corrected chi connectivity index (χ3v) is 4.20. The van der Waals surface area contributed by atoms with Crippen molar-refractivity contribution in [3.63, 3.8) is 0 Å². The minimum absolute atomic E-state index is 0.0318. The van der Waals surface area contributed by atoms with Crippen LogP contribution in [0, 0.1) is 13.8 Å². The standard InChI is InChI=1S/C15H17BrClNO/c1-4-18-15(13-5-6-14(17)19-13)11-7-10(3)12(16)8-9(11)2/h5-8,15,18H,4H2,1-3H3. The lowest BCUT2D eigenvalue weighted by Crippen LogP contribution is -2.22. The maximum absolute atomic E-state index is 5.89. The van der Waals surface area contributed by atoms with Crippen LogP contribution in [0.5, 0.6) is 0 Å². The molecule has 0 saturated carbocycles. The second-order valence-electron chi connectivity index (χ2n) is 4.59. The summed E-state index contributed by atoms with van der Waals surface area (Å²) in [5.41, 5.74) is 3.64. The van der Waals surface area contributed by atoms with Gasteiger partial charge in [0.05, 0.1) is 6.04 Å². The van der Waals surface area contributed by atoms with E-state index in [0.717, 1.165) is 16.8 Å². The van der Waals surface area contributed by atoms with Crippen molar-refractivity contribution in [2.45, 2.75) is 26.8 Å². The van der Waals surface area contributed by atoms with Gasteiger partial charge in [0.2, 0.25) is 0 Å². The van der Waals surface area contributed by atoms with E-state index in [1.807, 2.05) is 6.07 Å². The molecule has 2 rings (SSSR count). The first-order chi connectivity index (χ1) is 9.02. The van der Waals surface area contributed by atoms with Crippen LogP contribution in [0.1, 0.15) is 35.4 Å². The monoisotopic (exact) mass is 341 g/mol. The summed E-state index contributed by atoms with van der Waals surface area (Å²) in [6.45, 7) is 7.13. The zero-order valence-corrected chi connectivity index (χ0v) is 13.6. The molecule has 2 nitrogen and oxygen atoms in total. The maximum atomic E-state index is 5.89. The number of halogens is 2. The first-order valence-corrected chi connectivity index (χ1v) is 7.45. The molecule has 1 heterocycles. The number of furan rings is 1. The van der Waals surface area contributed by atoms with Crippen molar-refractivity contribution >= 4 is 27.5 Å². The summed E-state index contributed by atoms with van der Waals surface area (Å²) >= 11 is 9.45. The molecule has 0 bridgehead atoms. The fraction of sp³-hybridized carbons (Fsp3) is 0.333. The van der Waals surface area contributed by atoms with Crippen molar-refractivity contribution in [1.29, 1.82) is 0 Å². The SMILES string of the molecule is CCNC(c1ccc(Cl)o1)c1cc(C)c(Br)cc1C. The normalized spacial score (nSPS) is 12.7. The third kappa shape index (κ3) is 3.22. The van der Waals surface area contributed by atoms with E-state index in [1.165, 1.54) is 16.7 Å². The van der Waals surface area contributed by atoms with Gasteiger partial charge in [-0.25, -0.2) is 0 Å². The molecule has 0 fully saturated rings. The summed E-state index contributed by atoms with van der Waals surface area (Å²) in [5.74, 6) is 0.844. The molecule has 0 aliphatic rings.